The zero-order valence-corrected chi connectivity index (χ0v) is 9.42. The van der Waals surface area contributed by atoms with Gasteiger partial charge >= 0.3 is 0 Å². The Hall–Kier alpha value is -0.120. The van der Waals surface area contributed by atoms with Crippen LogP contribution in [-0.2, 0) is 4.74 Å². The van der Waals surface area contributed by atoms with Crippen molar-refractivity contribution in [2.45, 2.75) is 26.8 Å². The van der Waals surface area contributed by atoms with Crippen molar-refractivity contribution in [2.75, 3.05) is 33.4 Å². The van der Waals surface area contributed by atoms with E-state index in [0.717, 1.165) is 26.2 Å². The standard InChI is InChI=1S/C10H24N2O/c1-9(2)7-12(6-5-11)10(3)8-13-4/h9-10H,5-8,11H2,1-4H3. The van der Waals surface area contributed by atoms with E-state index in [0.29, 0.717) is 12.0 Å². The van der Waals surface area contributed by atoms with E-state index in [9.17, 15) is 0 Å². The van der Waals surface area contributed by atoms with Crippen LogP contribution in [0.3, 0.4) is 0 Å². The second kappa shape index (κ2) is 7.30. The smallest absolute Gasteiger partial charge is 0.0615 e. The Morgan fingerprint density at radius 2 is 1.92 bits per heavy atom. The molecule has 0 radical (unpaired) electrons. The lowest BCUT2D eigenvalue weighted by molar-refractivity contribution is 0.0934. The third kappa shape index (κ3) is 6.02. The van der Waals surface area contributed by atoms with E-state index in [2.05, 4.69) is 25.7 Å². The minimum Gasteiger partial charge on any atom is -0.383 e. The molecule has 0 aromatic carbocycles. The number of hydrogen-bond acceptors (Lipinski definition) is 3. The summed E-state index contributed by atoms with van der Waals surface area (Å²) in [5.74, 6) is 0.686. The molecule has 0 aromatic rings. The Morgan fingerprint density at radius 3 is 2.31 bits per heavy atom. The van der Waals surface area contributed by atoms with Gasteiger partial charge in [0.2, 0.25) is 0 Å². The molecular weight excluding hydrogens is 164 g/mol. The number of nitrogens with two attached hydrogens (primary N) is 1. The first kappa shape index (κ1) is 12.9. The summed E-state index contributed by atoms with van der Waals surface area (Å²) >= 11 is 0. The van der Waals surface area contributed by atoms with Gasteiger partial charge in [-0.2, -0.15) is 0 Å². The highest BCUT2D eigenvalue weighted by Gasteiger charge is 2.13. The topological polar surface area (TPSA) is 38.5 Å². The van der Waals surface area contributed by atoms with Crippen molar-refractivity contribution in [3.05, 3.63) is 0 Å². The van der Waals surface area contributed by atoms with Crippen molar-refractivity contribution in [3.8, 4) is 0 Å². The molecule has 0 bridgehead atoms. The number of hydrogen-bond donors (Lipinski definition) is 1. The predicted octanol–water partition coefficient (Wildman–Crippen LogP) is 0.938. The van der Waals surface area contributed by atoms with Crippen LogP contribution in [0.5, 0.6) is 0 Å². The molecule has 1 unspecified atom stereocenters. The molecule has 0 rings (SSSR count). The van der Waals surface area contributed by atoms with Crippen LogP contribution < -0.4 is 5.73 Å². The molecule has 0 heterocycles. The molecule has 0 fully saturated rings. The van der Waals surface area contributed by atoms with Gasteiger partial charge in [-0.15, -0.1) is 0 Å². The first-order valence-electron chi connectivity index (χ1n) is 5.04. The van der Waals surface area contributed by atoms with Gasteiger partial charge in [0.05, 0.1) is 6.61 Å². The van der Waals surface area contributed by atoms with Gasteiger partial charge in [0, 0.05) is 32.8 Å². The Bertz CT molecular complexity index is 117. The van der Waals surface area contributed by atoms with Crippen LogP contribution in [0.15, 0.2) is 0 Å². The quantitative estimate of drug-likeness (QED) is 0.646. The Kier molecular flexibility index (Phi) is 7.23. The number of ether oxygens (including phenoxy) is 1. The van der Waals surface area contributed by atoms with Gasteiger partial charge in [0.15, 0.2) is 0 Å². The highest BCUT2D eigenvalue weighted by Crippen LogP contribution is 2.03. The SMILES string of the molecule is COCC(C)N(CCN)CC(C)C. The zero-order valence-electron chi connectivity index (χ0n) is 9.42. The van der Waals surface area contributed by atoms with E-state index < -0.39 is 0 Å². The van der Waals surface area contributed by atoms with Gasteiger partial charge in [-0.05, 0) is 12.8 Å². The van der Waals surface area contributed by atoms with Gasteiger partial charge < -0.3 is 10.5 Å². The Labute approximate surface area is 82.2 Å². The lowest BCUT2D eigenvalue weighted by atomic mass is 10.1. The van der Waals surface area contributed by atoms with Crippen LogP contribution >= 0.6 is 0 Å². The van der Waals surface area contributed by atoms with Crippen molar-refractivity contribution < 1.29 is 4.74 Å². The lowest BCUT2D eigenvalue weighted by Gasteiger charge is -2.29. The summed E-state index contributed by atoms with van der Waals surface area (Å²) in [7, 11) is 1.74. The Balaban J connectivity index is 3.90. The predicted molar refractivity (Wildman–Crippen MR) is 56.8 cm³/mol. The maximum Gasteiger partial charge on any atom is 0.0615 e. The fourth-order valence-electron chi connectivity index (χ4n) is 1.47. The van der Waals surface area contributed by atoms with E-state index in [1.54, 1.807) is 7.11 Å². The van der Waals surface area contributed by atoms with E-state index in [1.807, 2.05) is 0 Å². The van der Waals surface area contributed by atoms with Crippen molar-refractivity contribution >= 4 is 0 Å². The molecule has 1 atom stereocenters. The normalized spacial score (nSPS) is 14.1. The molecule has 0 aliphatic carbocycles. The van der Waals surface area contributed by atoms with Crippen LogP contribution in [0.25, 0.3) is 0 Å². The van der Waals surface area contributed by atoms with Crippen LogP contribution in [0.2, 0.25) is 0 Å². The second-order valence-corrected chi connectivity index (χ2v) is 3.98. The molecule has 0 aliphatic rings. The highest BCUT2D eigenvalue weighted by atomic mass is 16.5. The summed E-state index contributed by atoms with van der Waals surface area (Å²) in [6, 6.07) is 0.468. The van der Waals surface area contributed by atoms with Crippen molar-refractivity contribution in [1.82, 2.24) is 4.90 Å². The maximum absolute atomic E-state index is 5.56. The molecule has 3 heteroatoms. The van der Waals surface area contributed by atoms with E-state index in [1.165, 1.54) is 0 Å². The molecular formula is C10H24N2O. The van der Waals surface area contributed by atoms with Crippen LogP contribution in [0, 0.1) is 5.92 Å². The monoisotopic (exact) mass is 188 g/mol. The first-order valence-corrected chi connectivity index (χ1v) is 5.04. The van der Waals surface area contributed by atoms with E-state index in [4.69, 9.17) is 10.5 Å². The molecule has 0 amide bonds. The van der Waals surface area contributed by atoms with Crippen molar-refractivity contribution in [2.24, 2.45) is 11.7 Å². The fourth-order valence-corrected chi connectivity index (χ4v) is 1.47. The largest absolute Gasteiger partial charge is 0.383 e. The van der Waals surface area contributed by atoms with Gasteiger partial charge in [-0.25, -0.2) is 0 Å². The zero-order chi connectivity index (χ0) is 10.3. The number of nitrogens with zero attached hydrogens (tertiary/aromatic N) is 1. The van der Waals surface area contributed by atoms with Crippen LogP contribution in [0.4, 0.5) is 0 Å². The van der Waals surface area contributed by atoms with Gasteiger partial charge in [-0.1, -0.05) is 13.8 Å². The minimum atomic E-state index is 0.468. The minimum absolute atomic E-state index is 0.468. The lowest BCUT2D eigenvalue weighted by Crippen LogP contribution is -2.41. The van der Waals surface area contributed by atoms with Gasteiger partial charge in [0.1, 0.15) is 0 Å². The molecule has 13 heavy (non-hydrogen) atoms. The molecule has 0 spiro atoms. The van der Waals surface area contributed by atoms with Crippen molar-refractivity contribution in [1.29, 1.82) is 0 Å². The number of rotatable bonds is 7. The summed E-state index contributed by atoms with van der Waals surface area (Å²) in [5.41, 5.74) is 5.56. The molecule has 3 nitrogen and oxygen atoms in total. The summed E-state index contributed by atoms with van der Waals surface area (Å²) in [4.78, 5) is 2.38. The van der Waals surface area contributed by atoms with Crippen LogP contribution in [0.1, 0.15) is 20.8 Å². The molecule has 80 valence electrons. The molecule has 0 saturated carbocycles. The van der Waals surface area contributed by atoms with Gasteiger partial charge in [0.25, 0.3) is 0 Å². The van der Waals surface area contributed by atoms with Crippen LogP contribution in [-0.4, -0.2) is 44.3 Å². The molecule has 2 N–H and O–H groups in total. The Morgan fingerprint density at radius 1 is 1.31 bits per heavy atom. The average molecular weight is 188 g/mol. The third-order valence-electron chi connectivity index (χ3n) is 2.05. The fraction of sp³-hybridized carbons (Fsp3) is 1.00. The van der Waals surface area contributed by atoms with E-state index >= 15 is 0 Å². The van der Waals surface area contributed by atoms with Crippen molar-refractivity contribution in [3.63, 3.8) is 0 Å². The molecule has 0 aliphatic heterocycles. The maximum atomic E-state index is 5.56. The highest BCUT2D eigenvalue weighted by molar-refractivity contribution is 4.68. The first-order chi connectivity index (χ1) is 6.11. The molecule has 0 aromatic heterocycles. The third-order valence-corrected chi connectivity index (χ3v) is 2.05. The summed E-state index contributed by atoms with van der Waals surface area (Å²) < 4.78 is 5.13. The van der Waals surface area contributed by atoms with E-state index in [-0.39, 0.29) is 0 Å². The summed E-state index contributed by atoms with van der Waals surface area (Å²) in [5, 5.41) is 0. The molecule has 0 saturated heterocycles. The second-order valence-electron chi connectivity index (χ2n) is 3.98. The number of methoxy groups -OCH3 is 1. The average Bonchev–Trinajstić information content (AvgIpc) is 2.03. The summed E-state index contributed by atoms with van der Waals surface area (Å²) in [6.45, 7) is 10.2. The van der Waals surface area contributed by atoms with Gasteiger partial charge in [-0.3, -0.25) is 4.90 Å². The summed E-state index contributed by atoms with van der Waals surface area (Å²) in [6.07, 6.45) is 0.